The van der Waals surface area contributed by atoms with E-state index >= 15 is 0 Å². The number of aromatic amines is 1. The van der Waals surface area contributed by atoms with Crippen LogP contribution in [0.2, 0.25) is 0 Å². The Kier molecular flexibility index (Phi) is 3.31. The van der Waals surface area contributed by atoms with Gasteiger partial charge in [0, 0.05) is 24.0 Å². The van der Waals surface area contributed by atoms with Gasteiger partial charge in [-0.1, -0.05) is 18.2 Å². The molecule has 0 saturated heterocycles. The Hall–Kier alpha value is -1.99. The number of aromatic nitrogens is 1. The third-order valence-corrected chi connectivity index (χ3v) is 2.68. The second-order valence-corrected chi connectivity index (χ2v) is 4.26. The molecule has 2 rings (SSSR count). The number of hydrogen-bond donors (Lipinski definition) is 2. The fraction of sp³-hybridized carbons (Fsp3) is 0.308. The number of hydrogen-bond acceptors (Lipinski definition) is 3. The van der Waals surface area contributed by atoms with Crippen molar-refractivity contribution in [2.45, 2.75) is 0 Å². The van der Waals surface area contributed by atoms with E-state index in [-0.39, 0.29) is 0 Å². The zero-order chi connectivity index (χ0) is 12.3. The summed E-state index contributed by atoms with van der Waals surface area (Å²) >= 11 is 0. The molecule has 0 aliphatic heterocycles. The van der Waals surface area contributed by atoms with Crippen molar-refractivity contribution < 1.29 is 0 Å². The minimum Gasteiger partial charge on any atom is -0.369 e. The van der Waals surface area contributed by atoms with Crippen LogP contribution in [0.25, 0.3) is 10.9 Å². The summed E-state index contributed by atoms with van der Waals surface area (Å²) in [7, 11) is 4.05. The van der Waals surface area contributed by atoms with Crippen LogP contribution in [0.15, 0.2) is 24.3 Å². The first-order chi connectivity index (χ1) is 8.22. The van der Waals surface area contributed by atoms with Crippen molar-refractivity contribution in [1.29, 1.82) is 5.26 Å². The van der Waals surface area contributed by atoms with Crippen LogP contribution in [0.4, 0.5) is 5.82 Å². The largest absolute Gasteiger partial charge is 0.369 e. The van der Waals surface area contributed by atoms with Gasteiger partial charge >= 0.3 is 0 Å². The molecule has 0 fully saturated rings. The van der Waals surface area contributed by atoms with Gasteiger partial charge in [0.1, 0.15) is 17.5 Å². The lowest BCUT2D eigenvalue weighted by Gasteiger charge is -2.10. The fourth-order valence-electron chi connectivity index (χ4n) is 1.80. The van der Waals surface area contributed by atoms with Gasteiger partial charge in [0.15, 0.2) is 0 Å². The van der Waals surface area contributed by atoms with Crippen molar-refractivity contribution in [2.75, 3.05) is 32.5 Å². The lowest BCUT2D eigenvalue weighted by Crippen LogP contribution is -2.21. The first kappa shape index (κ1) is 11.5. The average Bonchev–Trinajstić information content (AvgIpc) is 2.66. The smallest absolute Gasteiger partial charge is 0.122 e. The van der Waals surface area contributed by atoms with Gasteiger partial charge in [-0.15, -0.1) is 0 Å². The molecule has 0 spiro atoms. The molecule has 1 aromatic heterocycles. The van der Waals surface area contributed by atoms with Gasteiger partial charge < -0.3 is 15.2 Å². The summed E-state index contributed by atoms with van der Waals surface area (Å²) in [4.78, 5) is 5.34. The standard InChI is InChI=1S/C13H16N4/c1-17(2)8-7-15-13-11(9-14)10-5-3-4-6-12(10)16-13/h3-6,15-16H,7-8H2,1-2H3. The van der Waals surface area contributed by atoms with Crippen LogP contribution in [0.5, 0.6) is 0 Å². The molecule has 0 aliphatic carbocycles. The fourth-order valence-corrected chi connectivity index (χ4v) is 1.80. The van der Waals surface area contributed by atoms with Gasteiger partial charge in [0.25, 0.3) is 0 Å². The minimum absolute atomic E-state index is 0.694. The van der Waals surface area contributed by atoms with Crippen molar-refractivity contribution in [3.05, 3.63) is 29.8 Å². The third-order valence-electron chi connectivity index (χ3n) is 2.68. The molecule has 0 amide bonds. The predicted octanol–water partition coefficient (Wildman–Crippen LogP) is 2.01. The molecule has 0 aliphatic rings. The molecular formula is C13H16N4. The molecule has 1 heterocycles. The molecule has 17 heavy (non-hydrogen) atoms. The Morgan fingerprint density at radius 1 is 1.35 bits per heavy atom. The summed E-state index contributed by atoms with van der Waals surface area (Å²) in [6, 6.07) is 10.1. The van der Waals surface area contributed by atoms with Crippen molar-refractivity contribution in [3.63, 3.8) is 0 Å². The monoisotopic (exact) mass is 228 g/mol. The molecule has 4 nitrogen and oxygen atoms in total. The third kappa shape index (κ3) is 2.40. The molecule has 0 unspecified atom stereocenters. The maximum absolute atomic E-state index is 9.19. The van der Waals surface area contributed by atoms with Crippen molar-refractivity contribution >= 4 is 16.7 Å². The summed E-state index contributed by atoms with van der Waals surface area (Å²) in [5, 5.41) is 13.4. The van der Waals surface area contributed by atoms with Crippen LogP contribution in [-0.4, -0.2) is 37.1 Å². The zero-order valence-electron chi connectivity index (χ0n) is 10.1. The van der Waals surface area contributed by atoms with Crippen LogP contribution >= 0.6 is 0 Å². The Bertz CT molecular complexity index is 548. The van der Waals surface area contributed by atoms with E-state index < -0.39 is 0 Å². The Labute approximate surface area is 101 Å². The van der Waals surface area contributed by atoms with Crippen molar-refractivity contribution in [1.82, 2.24) is 9.88 Å². The number of nitriles is 1. The van der Waals surface area contributed by atoms with E-state index in [2.05, 4.69) is 21.3 Å². The van der Waals surface area contributed by atoms with E-state index in [0.29, 0.717) is 5.56 Å². The van der Waals surface area contributed by atoms with Crippen LogP contribution in [-0.2, 0) is 0 Å². The van der Waals surface area contributed by atoms with Crippen molar-refractivity contribution in [2.24, 2.45) is 0 Å². The SMILES string of the molecule is CN(C)CCNc1[nH]c2ccccc2c1C#N. The quantitative estimate of drug-likeness (QED) is 0.841. The Balaban J connectivity index is 2.25. The number of benzene rings is 1. The zero-order valence-corrected chi connectivity index (χ0v) is 10.1. The number of fused-ring (bicyclic) bond motifs is 1. The number of rotatable bonds is 4. The number of likely N-dealkylation sites (N-methyl/N-ethyl adjacent to an activating group) is 1. The second kappa shape index (κ2) is 4.89. The van der Waals surface area contributed by atoms with E-state index in [0.717, 1.165) is 29.8 Å². The summed E-state index contributed by atoms with van der Waals surface area (Å²) in [6.07, 6.45) is 0. The topological polar surface area (TPSA) is 54.8 Å². The van der Waals surface area contributed by atoms with E-state index in [1.165, 1.54) is 0 Å². The molecule has 0 atom stereocenters. The predicted molar refractivity (Wildman–Crippen MR) is 70.1 cm³/mol. The Morgan fingerprint density at radius 2 is 2.12 bits per heavy atom. The van der Waals surface area contributed by atoms with E-state index in [9.17, 15) is 5.26 Å². The molecule has 0 radical (unpaired) electrons. The summed E-state index contributed by atoms with van der Waals surface area (Å²) in [5.41, 5.74) is 1.69. The normalized spacial score (nSPS) is 10.7. The first-order valence-corrected chi connectivity index (χ1v) is 5.62. The van der Waals surface area contributed by atoms with Crippen LogP contribution in [0, 0.1) is 11.3 Å². The van der Waals surface area contributed by atoms with Gasteiger partial charge in [-0.25, -0.2) is 0 Å². The molecule has 2 N–H and O–H groups in total. The van der Waals surface area contributed by atoms with E-state index in [4.69, 9.17) is 0 Å². The molecule has 88 valence electrons. The lowest BCUT2D eigenvalue weighted by atomic mass is 10.2. The number of nitrogens with one attached hydrogen (secondary N) is 2. The van der Waals surface area contributed by atoms with Gasteiger partial charge in [-0.2, -0.15) is 5.26 Å². The summed E-state index contributed by atoms with van der Waals surface area (Å²) in [5.74, 6) is 0.815. The van der Waals surface area contributed by atoms with Gasteiger partial charge in [-0.3, -0.25) is 0 Å². The average molecular weight is 228 g/mol. The summed E-state index contributed by atoms with van der Waals surface area (Å²) in [6.45, 7) is 1.74. The number of anilines is 1. The summed E-state index contributed by atoms with van der Waals surface area (Å²) < 4.78 is 0. The van der Waals surface area contributed by atoms with E-state index in [1.54, 1.807) is 0 Å². The van der Waals surface area contributed by atoms with Crippen LogP contribution in [0.3, 0.4) is 0 Å². The minimum atomic E-state index is 0.694. The molecule has 0 bridgehead atoms. The number of nitrogens with zero attached hydrogens (tertiary/aromatic N) is 2. The second-order valence-electron chi connectivity index (χ2n) is 4.26. The van der Waals surface area contributed by atoms with Crippen molar-refractivity contribution in [3.8, 4) is 6.07 Å². The maximum Gasteiger partial charge on any atom is 0.122 e. The molecular weight excluding hydrogens is 212 g/mol. The highest BCUT2D eigenvalue weighted by molar-refractivity contribution is 5.91. The highest BCUT2D eigenvalue weighted by Crippen LogP contribution is 2.24. The molecule has 0 saturated carbocycles. The highest BCUT2D eigenvalue weighted by Gasteiger charge is 2.09. The number of H-pyrrole nitrogens is 1. The highest BCUT2D eigenvalue weighted by atomic mass is 15.1. The molecule has 4 heteroatoms. The first-order valence-electron chi connectivity index (χ1n) is 5.62. The number of para-hydroxylation sites is 1. The van der Waals surface area contributed by atoms with Crippen LogP contribution in [0.1, 0.15) is 5.56 Å². The van der Waals surface area contributed by atoms with Crippen LogP contribution < -0.4 is 5.32 Å². The molecule has 1 aromatic carbocycles. The van der Waals surface area contributed by atoms with Gasteiger partial charge in [0.05, 0.1) is 0 Å². The van der Waals surface area contributed by atoms with Gasteiger partial charge in [-0.05, 0) is 20.2 Å². The maximum atomic E-state index is 9.19. The molecule has 2 aromatic rings. The van der Waals surface area contributed by atoms with Gasteiger partial charge in [0.2, 0.25) is 0 Å². The Morgan fingerprint density at radius 3 is 2.82 bits per heavy atom. The lowest BCUT2D eigenvalue weighted by molar-refractivity contribution is 0.425. The van der Waals surface area contributed by atoms with E-state index in [1.807, 2.05) is 38.4 Å².